The summed E-state index contributed by atoms with van der Waals surface area (Å²) in [5.41, 5.74) is 0.864. The van der Waals surface area contributed by atoms with E-state index in [2.05, 4.69) is 6.92 Å². The van der Waals surface area contributed by atoms with Crippen LogP contribution >= 0.6 is 0 Å². The lowest BCUT2D eigenvalue weighted by atomic mass is 9.84. The van der Waals surface area contributed by atoms with Crippen LogP contribution in [0.25, 0.3) is 0 Å². The fourth-order valence-corrected chi connectivity index (χ4v) is 3.17. The number of carbonyl (C=O) groups excluding carboxylic acids is 1. The van der Waals surface area contributed by atoms with Gasteiger partial charge in [0.15, 0.2) is 0 Å². The van der Waals surface area contributed by atoms with Gasteiger partial charge in [-0.2, -0.15) is 0 Å². The summed E-state index contributed by atoms with van der Waals surface area (Å²) in [6.45, 7) is 8.56. The number of rotatable bonds is 15. The SMILES string of the molecule is CCOC(=O)c1ccc(OCCCCCCCCOCC2(CC)COC2)cc1. The molecule has 1 aromatic rings. The molecule has 1 fully saturated rings. The molecule has 5 heteroatoms. The van der Waals surface area contributed by atoms with Crippen LogP contribution in [0.3, 0.4) is 0 Å². The number of unbranched alkanes of at least 4 members (excludes halogenated alkanes) is 5. The van der Waals surface area contributed by atoms with Gasteiger partial charge in [-0.05, 0) is 50.5 Å². The van der Waals surface area contributed by atoms with Crippen LogP contribution in [-0.2, 0) is 14.2 Å². The minimum atomic E-state index is -0.290. The number of benzene rings is 1. The first kappa shape index (κ1) is 22.7. The van der Waals surface area contributed by atoms with E-state index in [0.29, 0.717) is 24.2 Å². The molecule has 0 amide bonds. The predicted molar refractivity (Wildman–Crippen MR) is 110 cm³/mol. The number of hydrogen-bond donors (Lipinski definition) is 0. The molecular formula is C23H36O5. The fraction of sp³-hybridized carbons (Fsp3) is 0.696. The van der Waals surface area contributed by atoms with Gasteiger partial charge < -0.3 is 18.9 Å². The van der Waals surface area contributed by atoms with E-state index in [1.807, 2.05) is 12.1 Å². The highest BCUT2D eigenvalue weighted by molar-refractivity contribution is 5.89. The summed E-state index contributed by atoms with van der Waals surface area (Å²) < 4.78 is 21.9. The molecule has 0 aromatic heterocycles. The van der Waals surface area contributed by atoms with Crippen LogP contribution < -0.4 is 4.74 Å². The molecule has 0 unspecified atom stereocenters. The molecule has 1 heterocycles. The lowest BCUT2D eigenvalue weighted by Crippen LogP contribution is -2.45. The van der Waals surface area contributed by atoms with E-state index < -0.39 is 0 Å². The first-order valence-electron chi connectivity index (χ1n) is 10.7. The number of ether oxygens (including phenoxy) is 4. The lowest BCUT2D eigenvalue weighted by molar-refractivity contribution is -0.150. The average Bonchev–Trinajstić information content (AvgIpc) is 2.68. The molecule has 0 radical (unpaired) electrons. The Balaban J connectivity index is 1.41. The highest BCUT2D eigenvalue weighted by Gasteiger charge is 2.36. The van der Waals surface area contributed by atoms with Gasteiger partial charge in [-0.25, -0.2) is 4.79 Å². The summed E-state index contributed by atoms with van der Waals surface area (Å²) in [6, 6.07) is 7.14. The first-order chi connectivity index (χ1) is 13.7. The normalized spacial score (nSPS) is 15.1. The van der Waals surface area contributed by atoms with Crippen molar-refractivity contribution in [3.8, 4) is 5.75 Å². The molecule has 0 aliphatic carbocycles. The quantitative estimate of drug-likeness (QED) is 0.310. The molecule has 1 aromatic carbocycles. The Bertz CT molecular complexity index is 545. The number of esters is 1. The van der Waals surface area contributed by atoms with E-state index in [4.69, 9.17) is 18.9 Å². The van der Waals surface area contributed by atoms with Gasteiger partial charge in [0.2, 0.25) is 0 Å². The summed E-state index contributed by atoms with van der Waals surface area (Å²) in [7, 11) is 0. The van der Waals surface area contributed by atoms with Gasteiger partial charge in [0.1, 0.15) is 5.75 Å². The van der Waals surface area contributed by atoms with Crippen LogP contribution in [0, 0.1) is 5.41 Å². The highest BCUT2D eigenvalue weighted by Crippen LogP contribution is 2.31. The van der Waals surface area contributed by atoms with E-state index in [1.165, 1.54) is 25.7 Å². The van der Waals surface area contributed by atoms with E-state index in [0.717, 1.165) is 51.4 Å². The molecule has 0 saturated carbocycles. The fourth-order valence-electron chi connectivity index (χ4n) is 3.17. The summed E-state index contributed by atoms with van der Waals surface area (Å²) in [6.07, 6.45) is 8.23. The largest absolute Gasteiger partial charge is 0.494 e. The summed E-state index contributed by atoms with van der Waals surface area (Å²) in [5.74, 6) is 0.508. The second kappa shape index (κ2) is 12.8. The Labute approximate surface area is 169 Å². The molecule has 5 nitrogen and oxygen atoms in total. The zero-order chi connectivity index (χ0) is 20.1. The van der Waals surface area contributed by atoms with Crippen LogP contribution in [0.1, 0.15) is 69.2 Å². The van der Waals surface area contributed by atoms with Crippen LogP contribution in [0.2, 0.25) is 0 Å². The Morgan fingerprint density at radius 3 is 2.18 bits per heavy atom. The summed E-state index contributed by atoms with van der Waals surface area (Å²) in [4.78, 5) is 11.6. The van der Waals surface area contributed by atoms with E-state index in [1.54, 1.807) is 19.1 Å². The first-order valence-corrected chi connectivity index (χ1v) is 10.7. The van der Waals surface area contributed by atoms with Gasteiger partial charge in [0, 0.05) is 12.0 Å². The zero-order valence-electron chi connectivity index (χ0n) is 17.5. The molecule has 158 valence electrons. The lowest BCUT2D eigenvalue weighted by Gasteiger charge is -2.40. The second-order valence-electron chi connectivity index (χ2n) is 7.61. The Hall–Kier alpha value is -1.59. The van der Waals surface area contributed by atoms with Crippen molar-refractivity contribution in [2.75, 3.05) is 39.6 Å². The number of hydrogen-bond acceptors (Lipinski definition) is 5. The minimum absolute atomic E-state index is 0.290. The van der Waals surface area contributed by atoms with Crippen LogP contribution in [0.4, 0.5) is 0 Å². The molecular weight excluding hydrogens is 356 g/mol. The van der Waals surface area contributed by atoms with Gasteiger partial charge in [0.05, 0.1) is 38.6 Å². The Kier molecular flexibility index (Phi) is 10.4. The van der Waals surface area contributed by atoms with Crippen molar-refractivity contribution in [3.63, 3.8) is 0 Å². The molecule has 1 aliphatic heterocycles. The second-order valence-corrected chi connectivity index (χ2v) is 7.61. The topological polar surface area (TPSA) is 54.0 Å². The van der Waals surface area contributed by atoms with Crippen molar-refractivity contribution in [1.82, 2.24) is 0 Å². The third-order valence-corrected chi connectivity index (χ3v) is 5.29. The average molecular weight is 393 g/mol. The van der Waals surface area contributed by atoms with Crippen molar-refractivity contribution in [2.24, 2.45) is 5.41 Å². The van der Waals surface area contributed by atoms with Crippen molar-refractivity contribution in [3.05, 3.63) is 29.8 Å². The third-order valence-electron chi connectivity index (χ3n) is 5.29. The van der Waals surface area contributed by atoms with E-state index in [-0.39, 0.29) is 5.97 Å². The molecule has 1 saturated heterocycles. The van der Waals surface area contributed by atoms with Gasteiger partial charge in [-0.1, -0.05) is 32.6 Å². The summed E-state index contributed by atoms with van der Waals surface area (Å²) in [5, 5.41) is 0. The Morgan fingerprint density at radius 1 is 0.964 bits per heavy atom. The smallest absolute Gasteiger partial charge is 0.338 e. The van der Waals surface area contributed by atoms with E-state index >= 15 is 0 Å². The highest BCUT2D eigenvalue weighted by atomic mass is 16.5. The Morgan fingerprint density at radius 2 is 1.61 bits per heavy atom. The maximum Gasteiger partial charge on any atom is 0.338 e. The van der Waals surface area contributed by atoms with Gasteiger partial charge in [-0.15, -0.1) is 0 Å². The van der Waals surface area contributed by atoms with Crippen LogP contribution in [0.5, 0.6) is 5.75 Å². The molecule has 0 bridgehead atoms. The summed E-state index contributed by atoms with van der Waals surface area (Å²) >= 11 is 0. The van der Waals surface area contributed by atoms with Crippen molar-refractivity contribution >= 4 is 5.97 Å². The molecule has 2 rings (SSSR count). The van der Waals surface area contributed by atoms with Gasteiger partial charge >= 0.3 is 5.97 Å². The van der Waals surface area contributed by atoms with Gasteiger partial charge in [-0.3, -0.25) is 0 Å². The maximum absolute atomic E-state index is 11.6. The molecule has 0 spiro atoms. The van der Waals surface area contributed by atoms with Crippen LogP contribution in [-0.4, -0.2) is 45.6 Å². The standard InChI is InChI=1S/C23H36O5/c1-3-23(18-26-19-23)17-25-15-9-7-5-6-8-10-16-28-21-13-11-20(12-14-21)22(24)27-4-2/h11-14H,3-10,15-19H2,1-2H3. The van der Waals surface area contributed by atoms with Crippen molar-refractivity contribution in [2.45, 2.75) is 58.8 Å². The minimum Gasteiger partial charge on any atom is -0.494 e. The van der Waals surface area contributed by atoms with Crippen molar-refractivity contribution < 1.29 is 23.7 Å². The van der Waals surface area contributed by atoms with E-state index in [9.17, 15) is 4.79 Å². The predicted octanol–water partition coefficient (Wildman–Crippen LogP) is 5.03. The molecule has 0 atom stereocenters. The third kappa shape index (κ3) is 7.80. The van der Waals surface area contributed by atoms with Crippen LogP contribution in [0.15, 0.2) is 24.3 Å². The van der Waals surface area contributed by atoms with Gasteiger partial charge in [0.25, 0.3) is 0 Å². The molecule has 1 aliphatic rings. The maximum atomic E-state index is 11.6. The zero-order valence-corrected chi connectivity index (χ0v) is 17.5. The molecule has 0 N–H and O–H groups in total. The monoisotopic (exact) mass is 392 g/mol. The number of carbonyl (C=O) groups is 1. The van der Waals surface area contributed by atoms with Crippen molar-refractivity contribution in [1.29, 1.82) is 0 Å². The molecule has 28 heavy (non-hydrogen) atoms.